The molecule has 1 aliphatic heterocycles. The number of benzene rings is 1. The van der Waals surface area contributed by atoms with Crippen LogP contribution in [0, 0.1) is 0 Å². The van der Waals surface area contributed by atoms with Gasteiger partial charge in [0.1, 0.15) is 6.54 Å². The third kappa shape index (κ3) is 2.69. The van der Waals surface area contributed by atoms with Gasteiger partial charge in [-0.15, -0.1) is 0 Å². The van der Waals surface area contributed by atoms with Crippen molar-refractivity contribution < 1.29 is 9.59 Å². The monoisotopic (exact) mass is 282 g/mol. The van der Waals surface area contributed by atoms with Gasteiger partial charge < -0.3 is 5.32 Å². The fourth-order valence-corrected chi connectivity index (χ4v) is 2.21. The first-order valence-electron chi connectivity index (χ1n) is 6.50. The Hall–Kier alpha value is -2.89. The molecule has 0 atom stereocenters. The van der Waals surface area contributed by atoms with Gasteiger partial charge in [-0.2, -0.15) is 5.10 Å². The first-order chi connectivity index (χ1) is 10.1. The summed E-state index contributed by atoms with van der Waals surface area (Å²) in [7, 11) is 1.81. The molecule has 1 aromatic heterocycles. The van der Waals surface area contributed by atoms with Gasteiger partial charge >= 0.3 is 0 Å². The molecule has 0 saturated carbocycles. The molecule has 0 saturated heterocycles. The predicted octanol–water partition coefficient (Wildman–Crippen LogP) is 1.42. The number of fused-ring (bicyclic) bond motifs is 1. The summed E-state index contributed by atoms with van der Waals surface area (Å²) >= 11 is 0. The SMILES string of the molecule is Cn1cc(C=CC(=O)N2CC(=O)Nc3ccccc32)cn1. The maximum Gasteiger partial charge on any atom is 0.251 e. The van der Waals surface area contributed by atoms with E-state index in [9.17, 15) is 9.59 Å². The lowest BCUT2D eigenvalue weighted by Gasteiger charge is -2.28. The molecule has 6 nitrogen and oxygen atoms in total. The molecule has 1 N–H and O–H groups in total. The Bertz CT molecular complexity index is 733. The van der Waals surface area contributed by atoms with Gasteiger partial charge in [0.05, 0.1) is 17.6 Å². The zero-order valence-electron chi connectivity index (χ0n) is 11.5. The van der Waals surface area contributed by atoms with Crippen LogP contribution in [0.25, 0.3) is 6.08 Å². The molecule has 0 fully saturated rings. The maximum absolute atomic E-state index is 12.3. The number of aryl methyl sites for hydroxylation is 1. The van der Waals surface area contributed by atoms with E-state index >= 15 is 0 Å². The molecular weight excluding hydrogens is 268 g/mol. The van der Waals surface area contributed by atoms with Gasteiger partial charge in [0, 0.05) is 24.9 Å². The van der Waals surface area contributed by atoms with Crippen molar-refractivity contribution in [2.45, 2.75) is 0 Å². The summed E-state index contributed by atoms with van der Waals surface area (Å²) in [6, 6.07) is 7.24. The normalized spacial score (nSPS) is 14.1. The minimum Gasteiger partial charge on any atom is -0.323 e. The maximum atomic E-state index is 12.3. The van der Waals surface area contributed by atoms with Gasteiger partial charge in [-0.3, -0.25) is 19.2 Å². The van der Waals surface area contributed by atoms with E-state index in [4.69, 9.17) is 0 Å². The average Bonchev–Trinajstić information content (AvgIpc) is 2.89. The Balaban J connectivity index is 1.85. The highest BCUT2D eigenvalue weighted by molar-refractivity contribution is 6.13. The third-order valence-corrected chi connectivity index (χ3v) is 3.18. The molecular formula is C15H14N4O2. The zero-order chi connectivity index (χ0) is 14.8. The number of nitrogens with zero attached hydrogens (tertiary/aromatic N) is 3. The quantitative estimate of drug-likeness (QED) is 0.847. The Morgan fingerprint density at radius 3 is 2.95 bits per heavy atom. The Labute approximate surface area is 121 Å². The molecule has 1 aliphatic rings. The lowest BCUT2D eigenvalue weighted by molar-refractivity contribution is -0.119. The highest BCUT2D eigenvalue weighted by Gasteiger charge is 2.24. The fourth-order valence-electron chi connectivity index (χ4n) is 2.21. The van der Waals surface area contributed by atoms with Gasteiger partial charge in [-0.05, 0) is 18.2 Å². The molecule has 2 amide bonds. The van der Waals surface area contributed by atoms with Gasteiger partial charge in [0.25, 0.3) is 5.91 Å². The molecule has 0 unspecified atom stereocenters. The lowest BCUT2D eigenvalue weighted by atomic mass is 10.2. The molecule has 2 aromatic rings. The predicted molar refractivity (Wildman–Crippen MR) is 79.7 cm³/mol. The largest absolute Gasteiger partial charge is 0.323 e. The molecule has 106 valence electrons. The highest BCUT2D eigenvalue weighted by Crippen LogP contribution is 2.28. The second-order valence-electron chi connectivity index (χ2n) is 4.77. The number of hydrogen-bond acceptors (Lipinski definition) is 3. The van der Waals surface area contributed by atoms with E-state index in [-0.39, 0.29) is 18.4 Å². The number of carbonyl (C=O) groups is 2. The van der Waals surface area contributed by atoms with E-state index in [1.807, 2.05) is 25.2 Å². The number of para-hydroxylation sites is 2. The second kappa shape index (κ2) is 5.24. The van der Waals surface area contributed by atoms with Gasteiger partial charge in [-0.1, -0.05) is 12.1 Å². The number of carbonyl (C=O) groups excluding carboxylic acids is 2. The summed E-state index contributed by atoms with van der Waals surface area (Å²) in [5.74, 6) is -0.432. The molecule has 0 spiro atoms. The van der Waals surface area contributed by atoms with Crippen molar-refractivity contribution in [2.75, 3.05) is 16.8 Å². The number of amides is 2. The van der Waals surface area contributed by atoms with Crippen molar-refractivity contribution in [2.24, 2.45) is 7.05 Å². The molecule has 2 heterocycles. The van der Waals surface area contributed by atoms with E-state index in [0.717, 1.165) is 5.56 Å². The van der Waals surface area contributed by atoms with Gasteiger partial charge in [0.2, 0.25) is 5.91 Å². The topological polar surface area (TPSA) is 67.2 Å². The molecule has 1 aromatic carbocycles. The molecule has 6 heteroatoms. The summed E-state index contributed by atoms with van der Waals surface area (Å²) < 4.78 is 1.66. The van der Waals surface area contributed by atoms with Crippen LogP contribution in [0.15, 0.2) is 42.7 Å². The van der Waals surface area contributed by atoms with Crippen molar-refractivity contribution in [1.29, 1.82) is 0 Å². The standard InChI is InChI=1S/C15H14N4O2/c1-18-9-11(8-16-18)6-7-15(21)19-10-14(20)17-12-4-2-3-5-13(12)19/h2-9H,10H2,1H3,(H,17,20). The van der Waals surface area contributed by atoms with Crippen LogP contribution in [0.4, 0.5) is 11.4 Å². The smallest absolute Gasteiger partial charge is 0.251 e. The van der Waals surface area contributed by atoms with Crippen LogP contribution in [-0.4, -0.2) is 28.1 Å². The van der Waals surface area contributed by atoms with Crippen LogP contribution in [-0.2, 0) is 16.6 Å². The summed E-state index contributed by atoms with van der Waals surface area (Å²) in [6.07, 6.45) is 6.61. The number of nitrogens with one attached hydrogen (secondary N) is 1. The van der Waals surface area contributed by atoms with E-state index in [1.54, 1.807) is 29.2 Å². The molecule has 0 aliphatic carbocycles. The fraction of sp³-hybridized carbons (Fsp3) is 0.133. The average molecular weight is 282 g/mol. The third-order valence-electron chi connectivity index (χ3n) is 3.18. The first kappa shape index (κ1) is 13.1. The minimum atomic E-state index is -0.235. The van der Waals surface area contributed by atoms with Crippen molar-refractivity contribution in [1.82, 2.24) is 9.78 Å². The summed E-state index contributed by atoms with van der Waals surface area (Å²) in [5, 5.41) is 6.78. The zero-order valence-corrected chi connectivity index (χ0v) is 11.5. The van der Waals surface area contributed by atoms with Crippen molar-refractivity contribution in [3.8, 4) is 0 Å². The second-order valence-corrected chi connectivity index (χ2v) is 4.77. The number of anilines is 2. The van der Waals surface area contributed by atoms with Gasteiger partial charge in [0.15, 0.2) is 0 Å². The van der Waals surface area contributed by atoms with Crippen LogP contribution >= 0.6 is 0 Å². The van der Waals surface area contributed by atoms with Crippen molar-refractivity contribution in [3.05, 3.63) is 48.3 Å². The summed E-state index contributed by atoms with van der Waals surface area (Å²) in [4.78, 5) is 25.5. The Morgan fingerprint density at radius 2 is 2.19 bits per heavy atom. The molecule has 21 heavy (non-hydrogen) atoms. The molecule has 0 bridgehead atoms. The first-order valence-corrected chi connectivity index (χ1v) is 6.50. The number of hydrogen-bond donors (Lipinski definition) is 1. The van der Waals surface area contributed by atoms with Crippen molar-refractivity contribution in [3.63, 3.8) is 0 Å². The summed E-state index contributed by atoms with van der Waals surface area (Å²) in [6.45, 7) is 0.0211. The van der Waals surface area contributed by atoms with E-state index in [0.29, 0.717) is 11.4 Å². The van der Waals surface area contributed by atoms with Crippen molar-refractivity contribution >= 4 is 29.3 Å². The number of aromatic nitrogens is 2. The molecule has 3 rings (SSSR count). The Kier molecular flexibility index (Phi) is 3.27. The van der Waals surface area contributed by atoms with Crippen LogP contribution in [0.1, 0.15) is 5.56 Å². The van der Waals surface area contributed by atoms with E-state index in [1.165, 1.54) is 11.0 Å². The lowest BCUT2D eigenvalue weighted by Crippen LogP contribution is -2.41. The van der Waals surface area contributed by atoms with E-state index < -0.39 is 0 Å². The van der Waals surface area contributed by atoms with Crippen LogP contribution in [0.5, 0.6) is 0 Å². The minimum absolute atomic E-state index is 0.0211. The van der Waals surface area contributed by atoms with Crippen LogP contribution < -0.4 is 10.2 Å². The molecule has 0 radical (unpaired) electrons. The highest BCUT2D eigenvalue weighted by atomic mass is 16.2. The Morgan fingerprint density at radius 1 is 1.38 bits per heavy atom. The van der Waals surface area contributed by atoms with E-state index in [2.05, 4.69) is 10.4 Å². The van der Waals surface area contributed by atoms with Gasteiger partial charge in [-0.25, -0.2) is 0 Å². The van der Waals surface area contributed by atoms with Crippen LogP contribution in [0.2, 0.25) is 0 Å². The number of rotatable bonds is 2. The summed E-state index contributed by atoms with van der Waals surface area (Å²) in [5.41, 5.74) is 2.19. The van der Waals surface area contributed by atoms with Crippen LogP contribution in [0.3, 0.4) is 0 Å².